The van der Waals surface area contributed by atoms with Crippen molar-refractivity contribution in [3.63, 3.8) is 0 Å². The highest BCUT2D eigenvalue weighted by atomic mass is 16.5. The maximum Gasteiger partial charge on any atom is 0.311 e. The summed E-state index contributed by atoms with van der Waals surface area (Å²) < 4.78 is 5.58. The van der Waals surface area contributed by atoms with Gasteiger partial charge in [-0.3, -0.25) is 14.4 Å². The summed E-state index contributed by atoms with van der Waals surface area (Å²) in [5, 5.41) is 9.31. The van der Waals surface area contributed by atoms with Crippen molar-refractivity contribution in [2.75, 3.05) is 19.7 Å². The fourth-order valence-electron chi connectivity index (χ4n) is 2.98. The minimum atomic E-state index is -0.845. The van der Waals surface area contributed by atoms with Gasteiger partial charge in [-0.15, -0.1) is 0 Å². The van der Waals surface area contributed by atoms with Gasteiger partial charge in [-0.05, 0) is 57.4 Å². The van der Waals surface area contributed by atoms with E-state index in [1.165, 1.54) is 6.92 Å². The van der Waals surface area contributed by atoms with Gasteiger partial charge < -0.3 is 14.7 Å². The number of carbonyl (C=O) groups is 3. The Bertz CT molecular complexity index is 640. The minimum absolute atomic E-state index is 0.00652. The Hall–Kier alpha value is -2.37. The van der Waals surface area contributed by atoms with Crippen LogP contribution in [0.4, 0.5) is 0 Å². The molecule has 1 aromatic rings. The quantitative estimate of drug-likeness (QED) is 0.606. The predicted octanol–water partition coefficient (Wildman–Crippen LogP) is 2.76. The molecule has 1 N–H and O–H groups in total. The number of hydrogen-bond donors (Lipinski definition) is 1. The van der Waals surface area contributed by atoms with E-state index in [-0.39, 0.29) is 18.2 Å². The zero-order chi connectivity index (χ0) is 18.4. The van der Waals surface area contributed by atoms with Gasteiger partial charge in [0.25, 0.3) is 0 Å². The number of amides is 1. The van der Waals surface area contributed by atoms with Crippen LogP contribution in [0.2, 0.25) is 0 Å². The highest BCUT2D eigenvalue weighted by molar-refractivity contribution is 5.94. The van der Waals surface area contributed by atoms with Gasteiger partial charge in [0, 0.05) is 25.1 Å². The number of hydrogen-bond acceptors (Lipinski definition) is 4. The fourth-order valence-corrected chi connectivity index (χ4v) is 2.98. The van der Waals surface area contributed by atoms with Crippen molar-refractivity contribution in [1.82, 2.24) is 4.90 Å². The van der Waals surface area contributed by atoms with E-state index >= 15 is 0 Å². The molecule has 2 rings (SSSR count). The monoisotopic (exact) mass is 347 g/mol. The summed E-state index contributed by atoms with van der Waals surface area (Å²) in [5.74, 6) is -0.203. The van der Waals surface area contributed by atoms with Crippen LogP contribution >= 0.6 is 0 Å². The van der Waals surface area contributed by atoms with Crippen LogP contribution in [-0.2, 0) is 9.59 Å². The third-order valence-electron chi connectivity index (χ3n) is 4.63. The Labute approximate surface area is 147 Å². The number of carboxylic acid groups (broad SMARTS) is 1. The highest BCUT2D eigenvalue weighted by Crippen LogP contribution is 2.30. The summed E-state index contributed by atoms with van der Waals surface area (Å²) in [4.78, 5) is 36.5. The first-order valence-electron chi connectivity index (χ1n) is 8.57. The molecule has 1 saturated heterocycles. The van der Waals surface area contributed by atoms with Crippen LogP contribution in [0.25, 0.3) is 0 Å². The Morgan fingerprint density at radius 2 is 1.92 bits per heavy atom. The molecule has 6 nitrogen and oxygen atoms in total. The first kappa shape index (κ1) is 19.0. The minimum Gasteiger partial charge on any atom is -0.494 e. The predicted molar refractivity (Wildman–Crippen MR) is 92.7 cm³/mol. The SMILES string of the molecule is CC(=O)c1ccc(OCCCC(=O)N2CCCC(C)(C(=O)O)C2)cc1. The Morgan fingerprint density at radius 1 is 1.24 bits per heavy atom. The molecule has 1 fully saturated rings. The number of benzene rings is 1. The maximum atomic E-state index is 12.3. The molecular weight excluding hydrogens is 322 g/mol. The first-order valence-corrected chi connectivity index (χ1v) is 8.57. The standard InChI is InChI=1S/C19H25NO5/c1-14(21)15-6-8-16(9-7-15)25-12-3-5-17(22)20-11-4-10-19(2,13-20)18(23)24/h6-9H,3-5,10-13H2,1-2H3,(H,23,24). The second kappa shape index (κ2) is 8.14. The lowest BCUT2D eigenvalue weighted by molar-refractivity contribution is -0.153. The van der Waals surface area contributed by atoms with Gasteiger partial charge in [0.1, 0.15) is 5.75 Å². The maximum absolute atomic E-state index is 12.3. The number of piperidine rings is 1. The number of nitrogens with zero attached hydrogens (tertiary/aromatic N) is 1. The zero-order valence-electron chi connectivity index (χ0n) is 14.8. The molecule has 1 aliphatic heterocycles. The largest absolute Gasteiger partial charge is 0.494 e. The van der Waals surface area contributed by atoms with Crippen LogP contribution < -0.4 is 4.74 Å². The lowest BCUT2D eigenvalue weighted by Gasteiger charge is -2.37. The molecule has 0 aliphatic carbocycles. The van der Waals surface area contributed by atoms with Crippen molar-refractivity contribution in [1.29, 1.82) is 0 Å². The van der Waals surface area contributed by atoms with Crippen molar-refractivity contribution in [3.05, 3.63) is 29.8 Å². The molecular formula is C19H25NO5. The topological polar surface area (TPSA) is 83.9 Å². The number of likely N-dealkylation sites (tertiary alicyclic amines) is 1. The van der Waals surface area contributed by atoms with E-state index in [4.69, 9.17) is 4.74 Å². The number of ketones is 1. The molecule has 0 aromatic heterocycles. The summed E-state index contributed by atoms with van der Waals surface area (Å²) in [5.41, 5.74) is -0.211. The molecule has 25 heavy (non-hydrogen) atoms. The third kappa shape index (κ3) is 5.05. The molecule has 1 unspecified atom stereocenters. The van der Waals surface area contributed by atoms with Crippen LogP contribution in [0, 0.1) is 5.41 Å². The molecule has 6 heteroatoms. The van der Waals surface area contributed by atoms with Crippen molar-refractivity contribution >= 4 is 17.7 Å². The number of ether oxygens (including phenoxy) is 1. The first-order chi connectivity index (χ1) is 11.8. The van der Waals surface area contributed by atoms with Crippen LogP contribution in [-0.4, -0.2) is 47.4 Å². The summed E-state index contributed by atoms with van der Waals surface area (Å²) in [6.07, 6.45) is 2.22. The lowest BCUT2D eigenvalue weighted by atomic mass is 9.82. The van der Waals surface area contributed by atoms with E-state index in [1.807, 2.05) is 0 Å². The van der Waals surface area contributed by atoms with Crippen LogP contribution in [0.3, 0.4) is 0 Å². The summed E-state index contributed by atoms with van der Waals surface area (Å²) in [6.45, 7) is 4.50. The van der Waals surface area contributed by atoms with Crippen LogP contribution in [0.15, 0.2) is 24.3 Å². The van der Waals surface area contributed by atoms with Crippen LogP contribution in [0.5, 0.6) is 5.75 Å². The Morgan fingerprint density at radius 3 is 2.52 bits per heavy atom. The molecule has 0 saturated carbocycles. The number of Topliss-reactive ketones (excluding diaryl/α,β-unsaturated/α-hetero) is 1. The van der Waals surface area contributed by atoms with E-state index in [2.05, 4.69) is 0 Å². The van der Waals surface area contributed by atoms with Crippen molar-refractivity contribution in [2.24, 2.45) is 5.41 Å². The van der Waals surface area contributed by atoms with Gasteiger partial charge in [0.2, 0.25) is 5.91 Å². The number of carbonyl (C=O) groups excluding carboxylic acids is 2. The van der Waals surface area contributed by atoms with Crippen molar-refractivity contribution < 1.29 is 24.2 Å². The molecule has 0 radical (unpaired) electrons. The van der Waals surface area contributed by atoms with Crippen molar-refractivity contribution in [2.45, 2.75) is 39.5 Å². The fraction of sp³-hybridized carbons (Fsp3) is 0.526. The number of rotatable bonds is 7. The molecule has 1 aliphatic rings. The zero-order valence-corrected chi connectivity index (χ0v) is 14.8. The Balaban J connectivity index is 1.75. The van der Waals surface area contributed by atoms with Gasteiger partial charge in [0.15, 0.2) is 5.78 Å². The summed E-state index contributed by atoms with van der Waals surface area (Å²) >= 11 is 0. The van der Waals surface area contributed by atoms with E-state index in [1.54, 1.807) is 36.1 Å². The Kier molecular flexibility index (Phi) is 6.17. The molecule has 1 amide bonds. The van der Waals surface area contributed by atoms with Crippen molar-refractivity contribution in [3.8, 4) is 5.75 Å². The van der Waals surface area contributed by atoms with E-state index in [0.717, 1.165) is 0 Å². The molecule has 1 heterocycles. The van der Waals surface area contributed by atoms with Gasteiger partial charge in [-0.2, -0.15) is 0 Å². The normalized spacial score (nSPS) is 20.2. The van der Waals surface area contributed by atoms with E-state index in [9.17, 15) is 19.5 Å². The van der Waals surface area contributed by atoms with E-state index in [0.29, 0.717) is 50.1 Å². The second-order valence-corrected chi connectivity index (χ2v) is 6.82. The summed E-state index contributed by atoms with van der Waals surface area (Å²) in [6, 6.07) is 6.90. The van der Waals surface area contributed by atoms with Crippen LogP contribution in [0.1, 0.15) is 49.9 Å². The molecule has 136 valence electrons. The number of aliphatic carboxylic acids is 1. The van der Waals surface area contributed by atoms with Gasteiger partial charge >= 0.3 is 5.97 Å². The average molecular weight is 347 g/mol. The van der Waals surface area contributed by atoms with Gasteiger partial charge in [-0.1, -0.05) is 0 Å². The highest BCUT2D eigenvalue weighted by Gasteiger charge is 2.39. The smallest absolute Gasteiger partial charge is 0.311 e. The summed E-state index contributed by atoms with van der Waals surface area (Å²) in [7, 11) is 0. The van der Waals surface area contributed by atoms with Gasteiger partial charge in [0.05, 0.1) is 12.0 Å². The number of carboxylic acids is 1. The van der Waals surface area contributed by atoms with E-state index < -0.39 is 11.4 Å². The van der Waals surface area contributed by atoms with Gasteiger partial charge in [-0.25, -0.2) is 0 Å². The molecule has 0 bridgehead atoms. The molecule has 0 spiro atoms. The molecule has 1 atom stereocenters. The lowest BCUT2D eigenvalue weighted by Crippen LogP contribution is -2.48. The second-order valence-electron chi connectivity index (χ2n) is 6.82. The molecule has 1 aromatic carbocycles. The average Bonchev–Trinajstić information content (AvgIpc) is 2.59. The third-order valence-corrected chi connectivity index (χ3v) is 4.63.